The lowest BCUT2D eigenvalue weighted by Gasteiger charge is -2.10. The molecule has 1 heterocycles. The second kappa shape index (κ2) is 6.87. The molecule has 0 saturated heterocycles. The number of aromatic amines is 1. The first-order valence-electron chi connectivity index (χ1n) is 6.73. The number of carbonyl (C=O) groups excluding carboxylic acids is 1. The van der Waals surface area contributed by atoms with Gasteiger partial charge in [-0.2, -0.15) is 0 Å². The average Bonchev–Trinajstić information content (AvgIpc) is 2.43. The third-order valence-electron chi connectivity index (χ3n) is 3.12. The first-order valence-corrected chi connectivity index (χ1v) is 7.52. The number of nitrogens with zero attached hydrogens (tertiary/aromatic N) is 1. The lowest BCUT2D eigenvalue weighted by Crippen LogP contribution is -2.31. The zero-order chi connectivity index (χ0) is 15.4. The summed E-state index contributed by atoms with van der Waals surface area (Å²) in [5.74, 6) is -0.336. The Bertz CT molecular complexity index is 710. The van der Waals surface area contributed by atoms with Crippen molar-refractivity contribution in [3.63, 3.8) is 0 Å². The van der Waals surface area contributed by atoms with E-state index in [2.05, 4.69) is 26.2 Å². The van der Waals surface area contributed by atoms with Gasteiger partial charge in [0, 0.05) is 21.9 Å². The van der Waals surface area contributed by atoms with E-state index < -0.39 is 0 Å². The molecule has 2 rings (SSSR count). The van der Waals surface area contributed by atoms with Crippen LogP contribution in [-0.4, -0.2) is 43.0 Å². The van der Waals surface area contributed by atoms with Gasteiger partial charge in [-0.25, -0.2) is 0 Å². The number of hydrogen-bond acceptors (Lipinski definition) is 3. The molecule has 0 saturated carbocycles. The molecule has 0 aliphatic heterocycles. The predicted octanol–water partition coefficient (Wildman–Crippen LogP) is 1.97. The average molecular weight is 352 g/mol. The van der Waals surface area contributed by atoms with Crippen molar-refractivity contribution in [3.05, 3.63) is 44.7 Å². The van der Waals surface area contributed by atoms with E-state index in [0.29, 0.717) is 12.1 Å². The third-order valence-corrected chi connectivity index (χ3v) is 3.61. The van der Waals surface area contributed by atoms with Gasteiger partial charge in [-0.3, -0.25) is 9.59 Å². The van der Waals surface area contributed by atoms with Gasteiger partial charge in [0.05, 0.1) is 0 Å². The highest BCUT2D eigenvalue weighted by atomic mass is 79.9. The SMILES string of the molecule is CN(C)CCCNC(=O)c1cc2cc(Br)ccc2[nH]c1=O. The molecule has 0 aliphatic rings. The summed E-state index contributed by atoms with van der Waals surface area (Å²) in [6.45, 7) is 1.44. The molecule has 2 aromatic rings. The van der Waals surface area contributed by atoms with Crippen molar-refractivity contribution >= 4 is 32.7 Å². The minimum Gasteiger partial charge on any atom is -0.352 e. The zero-order valence-corrected chi connectivity index (χ0v) is 13.7. The summed E-state index contributed by atoms with van der Waals surface area (Å²) in [4.78, 5) is 28.8. The molecule has 112 valence electrons. The van der Waals surface area contributed by atoms with Crippen LogP contribution in [0.15, 0.2) is 33.5 Å². The normalized spacial score (nSPS) is 11.0. The molecule has 0 bridgehead atoms. The van der Waals surface area contributed by atoms with Crippen molar-refractivity contribution in [2.45, 2.75) is 6.42 Å². The summed E-state index contributed by atoms with van der Waals surface area (Å²) < 4.78 is 0.902. The van der Waals surface area contributed by atoms with Crippen LogP contribution >= 0.6 is 15.9 Å². The highest BCUT2D eigenvalue weighted by Crippen LogP contribution is 2.17. The van der Waals surface area contributed by atoms with Crippen LogP contribution in [0.2, 0.25) is 0 Å². The van der Waals surface area contributed by atoms with E-state index in [1.54, 1.807) is 12.1 Å². The molecule has 21 heavy (non-hydrogen) atoms. The number of amides is 1. The maximum Gasteiger partial charge on any atom is 0.261 e. The monoisotopic (exact) mass is 351 g/mol. The van der Waals surface area contributed by atoms with Gasteiger partial charge < -0.3 is 15.2 Å². The van der Waals surface area contributed by atoms with Crippen LogP contribution in [0.5, 0.6) is 0 Å². The summed E-state index contributed by atoms with van der Waals surface area (Å²) in [5.41, 5.74) is 0.493. The van der Waals surface area contributed by atoms with Crippen LogP contribution in [0.25, 0.3) is 10.9 Å². The quantitative estimate of drug-likeness (QED) is 0.809. The Labute approximate surface area is 131 Å². The van der Waals surface area contributed by atoms with E-state index >= 15 is 0 Å². The third kappa shape index (κ3) is 4.15. The largest absolute Gasteiger partial charge is 0.352 e. The molecule has 1 amide bonds. The Kier molecular flexibility index (Phi) is 5.14. The summed E-state index contributed by atoms with van der Waals surface area (Å²) in [5, 5.41) is 3.60. The Balaban J connectivity index is 2.15. The highest BCUT2D eigenvalue weighted by Gasteiger charge is 2.11. The predicted molar refractivity (Wildman–Crippen MR) is 87.8 cm³/mol. The van der Waals surface area contributed by atoms with E-state index in [-0.39, 0.29) is 17.0 Å². The molecule has 2 N–H and O–H groups in total. The first-order chi connectivity index (χ1) is 9.97. The van der Waals surface area contributed by atoms with Gasteiger partial charge >= 0.3 is 0 Å². The maximum atomic E-state index is 12.1. The van der Waals surface area contributed by atoms with Gasteiger partial charge in [-0.15, -0.1) is 0 Å². The number of carbonyl (C=O) groups is 1. The Morgan fingerprint density at radius 3 is 2.81 bits per heavy atom. The molecule has 0 fully saturated rings. The summed E-state index contributed by atoms with van der Waals surface area (Å²) >= 11 is 3.38. The van der Waals surface area contributed by atoms with Crippen molar-refractivity contribution in [1.82, 2.24) is 15.2 Å². The van der Waals surface area contributed by atoms with Crippen LogP contribution in [0.1, 0.15) is 16.8 Å². The number of pyridine rings is 1. The first kappa shape index (κ1) is 15.7. The van der Waals surface area contributed by atoms with Crippen molar-refractivity contribution in [3.8, 4) is 0 Å². The van der Waals surface area contributed by atoms with Crippen molar-refractivity contribution in [2.75, 3.05) is 27.2 Å². The van der Waals surface area contributed by atoms with E-state index in [0.717, 1.165) is 22.8 Å². The van der Waals surface area contributed by atoms with E-state index in [1.807, 2.05) is 31.1 Å². The summed E-state index contributed by atoms with van der Waals surface area (Å²) in [6.07, 6.45) is 0.843. The number of halogens is 1. The van der Waals surface area contributed by atoms with Crippen LogP contribution in [0.3, 0.4) is 0 Å². The molecule has 0 atom stereocenters. The topological polar surface area (TPSA) is 65.2 Å². The maximum absolute atomic E-state index is 12.1. The van der Waals surface area contributed by atoms with Gasteiger partial charge in [-0.1, -0.05) is 15.9 Å². The van der Waals surface area contributed by atoms with Gasteiger partial charge in [0.1, 0.15) is 5.56 Å². The standard InChI is InChI=1S/C15H18BrN3O2/c1-19(2)7-3-6-17-14(20)12-9-10-8-11(16)4-5-13(10)18-15(12)21/h4-5,8-9H,3,6-7H2,1-2H3,(H,17,20)(H,18,21). The Morgan fingerprint density at radius 1 is 1.33 bits per heavy atom. The Morgan fingerprint density at radius 2 is 2.10 bits per heavy atom. The number of benzene rings is 1. The number of fused-ring (bicyclic) bond motifs is 1. The van der Waals surface area contributed by atoms with Gasteiger partial charge in [0.15, 0.2) is 0 Å². The van der Waals surface area contributed by atoms with Crippen LogP contribution in [-0.2, 0) is 0 Å². The van der Waals surface area contributed by atoms with E-state index in [1.165, 1.54) is 0 Å². The fourth-order valence-electron chi connectivity index (χ4n) is 2.04. The number of nitrogens with one attached hydrogen (secondary N) is 2. The smallest absolute Gasteiger partial charge is 0.261 e. The molecule has 0 spiro atoms. The zero-order valence-electron chi connectivity index (χ0n) is 12.1. The number of H-pyrrole nitrogens is 1. The molecule has 6 heteroatoms. The fraction of sp³-hybridized carbons (Fsp3) is 0.333. The summed E-state index contributed by atoms with van der Waals surface area (Å²) in [6, 6.07) is 7.15. The molecular formula is C15H18BrN3O2. The van der Waals surface area contributed by atoms with E-state index in [4.69, 9.17) is 0 Å². The lowest BCUT2D eigenvalue weighted by atomic mass is 10.1. The molecule has 1 aromatic carbocycles. The van der Waals surface area contributed by atoms with Crippen LogP contribution in [0.4, 0.5) is 0 Å². The Hall–Kier alpha value is -1.66. The number of hydrogen-bond donors (Lipinski definition) is 2. The van der Waals surface area contributed by atoms with Crippen LogP contribution < -0.4 is 10.9 Å². The van der Waals surface area contributed by atoms with Gasteiger partial charge in [-0.05, 0) is 51.3 Å². The minimum absolute atomic E-state index is 0.144. The van der Waals surface area contributed by atoms with Gasteiger partial charge in [0.25, 0.3) is 11.5 Å². The molecular weight excluding hydrogens is 334 g/mol. The lowest BCUT2D eigenvalue weighted by molar-refractivity contribution is 0.0951. The molecule has 0 unspecified atom stereocenters. The second-order valence-corrected chi connectivity index (χ2v) is 6.07. The number of rotatable bonds is 5. The van der Waals surface area contributed by atoms with Crippen molar-refractivity contribution in [2.24, 2.45) is 0 Å². The number of aromatic nitrogens is 1. The molecule has 1 aromatic heterocycles. The highest BCUT2D eigenvalue weighted by molar-refractivity contribution is 9.10. The van der Waals surface area contributed by atoms with Crippen molar-refractivity contribution < 1.29 is 4.79 Å². The molecule has 5 nitrogen and oxygen atoms in total. The second-order valence-electron chi connectivity index (χ2n) is 5.16. The van der Waals surface area contributed by atoms with Crippen LogP contribution in [0, 0.1) is 0 Å². The van der Waals surface area contributed by atoms with Crippen molar-refractivity contribution in [1.29, 1.82) is 0 Å². The van der Waals surface area contributed by atoms with Gasteiger partial charge in [0.2, 0.25) is 0 Å². The molecule has 0 radical (unpaired) electrons. The summed E-state index contributed by atoms with van der Waals surface area (Å²) in [7, 11) is 3.96. The molecule has 0 aliphatic carbocycles. The minimum atomic E-state index is -0.366. The van der Waals surface area contributed by atoms with E-state index in [9.17, 15) is 9.59 Å². The fourth-order valence-corrected chi connectivity index (χ4v) is 2.42.